The SMILES string of the molecule is CCCCCCCCCCCCSc1cccc(CN)c1. The first-order chi connectivity index (χ1) is 10.4. The lowest BCUT2D eigenvalue weighted by Gasteiger charge is -2.04. The van der Waals surface area contributed by atoms with Gasteiger partial charge in [-0.15, -0.1) is 11.8 Å². The van der Waals surface area contributed by atoms with E-state index in [-0.39, 0.29) is 0 Å². The van der Waals surface area contributed by atoms with Crippen molar-refractivity contribution < 1.29 is 0 Å². The lowest BCUT2D eigenvalue weighted by Crippen LogP contribution is -1.95. The molecule has 21 heavy (non-hydrogen) atoms. The van der Waals surface area contributed by atoms with Crippen molar-refractivity contribution in [3.8, 4) is 0 Å². The Labute approximate surface area is 136 Å². The first-order valence-electron chi connectivity index (χ1n) is 8.78. The van der Waals surface area contributed by atoms with E-state index in [9.17, 15) is 0 Å². The van der Waals surface area contributed by atoms with E-state index in [4.69, 9.17) is 5.73 Å². The minimum absolute atomic E-state index is 0.645. The molecular weight excluding hydrogens is 274 g/mol. The molecule has 0 aliphatic heterocycles. The summed E-state index contributed by atoms with van der Waals surface area (Å²) in [6.07, 6.45) is 14.1. The second-order valence-corrected chi connectivity index (χ2v) is 7.05. The molecule has 1 aromatic rings. The van der Waals surface area contributed by atoms with Gasteiger partial charge in [0, 0.05) is 11.4 Å². The molecule has 0 saturated heterocycles. The van der Waals surface area contributed by atoms with Crippen LogP contribution < -0.4 is 5.73 Å². The minimum atomic E-state index is 0.645. The van der Waals surface area contributed by atoms with Gasteiger partial charge in [-0.2, -0.15) is 0 Å². The lowest BCUT2D eigenvalue weighted by atomic mass is 10.1. The molecule has 0 radical (unpaired) electrons. The van der Waals surface area contributed by atoms with E-state index < -0.39 is 0 Å². The summed E-state index contributed by atoms with van der Waals surface area (Å²) in [5, 5.41) is 0. The lowest BCUT2D eigenvalue weighted by molar-refractivity contribution is 0.563. The molecule has 0 aromatic heterocycles. The van der Waals surface area contributed by atoms with Gasteiger partial charge in [0.15, 0.2) is 0 Å². The van der Waals surface area contributed by atoms with Crippen molar-refractivity contribution in [2.45, 2.75) is 82.6 Å². The molecule has 1 rings (SSSR count). The van der Waals surface area contributed by atoms with Crippen LogP contribution in [0.15, 0.2) is 29.2 Å². The molecule has 0 bridgehead atoms. The Balaban J connectivity index is 1.90. The van der Waals surface area contributed by atoms with Crippen molar-refractivity contribution in [3.05, 3.63) is 29.8 Å². The number of hydrogen-bond donors (Lipinski definition) is 1. The highest BCUT2D eigenvalue weighted by atomic mass is 32.2. The van der Waals surface area contributed by atoms with Gasteiger partial charge < -0.3 is 5.73 Å². The van der Waals surface area contributed by atoms with Crippen molar-refractivity contribution in [1.82, 2.24) is 0 Å². The van der Waals surface area contributed by atoms with Gasteiger partial charge in [0.1, 0.15) is 0 Å². The summed E-state index contributed by atoms with van der Waals surface area (Å²) in [5.74, 6) is 1.24. The van der Waals surface area contributed by atoms with Crippen molar-refractivity contribution in [2.75, 3.05) is 5.75 Å². The molecule has 2 N–H and O–H groups in total. The Kier molecular flexibility index (Phi) is 11.7. The van der Waals surface area contributed by atoms with Crippen LogP contribution in [0.25, 0.3) is 0 Å². The smallest absolute Gasteiger partial charge is 0.0178 e. The van der Waals surface area contributed by atoms with E-state index in [0.29, 0.717) is 6.54 Å². The monoisotopic (exact) mass is 307 g/mol. The molecule has 2 heteroatoms. The van der Waals surface area contributed by atoms with Crippen LogP contribution in [-0.2, 0) is 6.54 Å². The Bertz CT molecular complexity index is 351. The number of nitrogens with two attached hydrogens (primary N) is 1. The summed E-state index contributed by atoms with van der Waals surface area (Å²) >= 11 is 1.97. The molecular formula is C19H33NS. The number of hydrogen-bond acceptors (Lipinski definition) is 2. The molecule has 1 aromatic carbocycles. The van der Waals surface area contributed by atoms with E-state index in [0.717, 1.165) is 0 Å². The summed E-state index contributed by atoms with van der Waals surface area (Å²) < 4.78 is 0. The van der Waals surface area contributed by atoms with Crippen molar-refractivity contribution >= 4 is 11.8 Å². The third-order valence-corrected chi connectivity index (χ3v) is 4.98. The van der Waals surface area contributed by atoms with E-state index in [1.807, 2.05) is 11.8 Å². The van der Waals surface area contributed by atoms with Crippen molar-refractivity contribution in [2.24, 2.45) is 5.73 Å². The normalized spacial score (nSPS) is 11.0. The predicted molar refractivity (Wildman–Crippen MR) is 96.9 cm³/mol. The molecule has 0 aliphatic carbocycles. The number of rotatable bonds is 13. The fourth-order valence-corrected chi connectivity index (χ4v) is 3.54. The van der Waals surface area contributed by atoms with Gasteiger partial charge in [-0.1, -0.05) is 76.8 Å². The maximum Gasteiger partial charge on any atom is 0.0178 e. The van der Waals surface area contributed by atoms with E-state index >= 15 is 0 Å². The predicted octanol–water partition coefficient (Wildman–Crippen LogP) is 6.16. The molecule has 0 amide bonds. The van der Waals surface area contributed by atoms with Crippen LogP contribution in [-0.4, -0.2) is 5.75 Å². The number of thioether (sulfide) groups is 1. The fourth-order valence-electron chi connectivity index (χ4n) is 2.54. The summed E-state index contributed by atoms with van der Waals surface area (Å²) in [4.78, 5) is 1.37. The topological polar surface area (TPSA) is 26.0 Å². The molecule has 0 spiro atoms. The zero-order valence-corrected chi connectivity index (χ0v) is 14.6. The Morgan fingerprint density at radius 3 is 2.10 bits per heavy atom. The third kappa shape index (κ3) is 9.97. The molecule has 1 nitrogen and oxygen atoms in total. The van der Waals surface area contributed by atoms with Gasteiger partial charge in [-0.25, -0.2) is 0 Å². The molecule has 0 aliphatic rings. The van der Waals surface area contributed by atoms with Gasteiger partial charge >= 0.3 is 0 Å². The summed E-state index contributed by atoms with van der Waals surface area (Å²) in [6, 6.07) is 8.63. The van der Waals surface area contributed by atoms with E-state index in [1.54, 1.807) is 0 Å². The van der Waals surface area contributed by atoms with Crippen LogP contribution in [0.5, 0.6) is 0 Å². The molecule has 0 heterocycles. The molecule has 0 saturated carbocycles. The van der Waals surface area contributed by atoms with Crippen molar-refractivity contribution in [1.29, 1.82) is 0 Å². The van der Waals surface area contributed by atoms with Gasteiger partial charge in [0.25, 0.3) is 0 Å². The van der Waals surface area contributed by atoms with Crippen LogP contribution in [0.2, 0.25) is 0 Å². The van der Waals surface area contributed by atoms with E-state index in [1.165, 1.54) is 80.4 Å². The average Bonchev–Trinajstić information content (AvgIpc) is 2.53. The van der Waals surface area contributed by atoms with Crippen LogP contribution in [0.1, 0.15) is 76.7 Å². The number of benzene rings is 1. The van der Waals surface area contributed by atoms with Crippen LogP contribution in [0.4, 0.5) is 0 Å². The van der Waals surface area contributed by atoms with Gasteiger partial charge in [-0.3, -0.25) is 0 Å². The first kappa shape index (κ1) is 18.6. The van der Waals surface area contributed by atoms with Crippen LogP contribution in [0.3, 0.4) is 0 Å². The zero-order valence-electron chi connectivity index (χ0n) is 13.8. The number of unbranched alkanes of at least 4 members (excludes halogenated alkanes) is 9. The largest absolute Gasteiger partial charge is 0.326 e. The maximum atomic E-state index is 5.67. The van der Waals surface area contributed by atoms with Gasteiger partial charge in [0.2, 0.25) is 0 Å². The summed E-state index contributed by atoms with van der Waals surface area (Å²) in [6.45, 7) is 2.93. The second-order valence-electron chi connectivity index (χ2n) is 5.88. The molecule has 0 unspecified atom stereocenters. The van der Waals surface area contributed by atoms with Crippen LogP contribution >= 0.6 is 11.8 Å². The van der Waals surface area contributed by atoms with Gasteiger partial charge in [-0.05, 0) is 29.9 Å². The van der Waals surface area contributed by atoms with Gasteiger partial charge in [0.05, 0.1) is 0 Å². The minimum Gasteiger partial charge on any atom is -0.326 e. The molecule has 120 valence electrons. The second kappa shape index (κ2) is 13.2. The Morgan fingerprint density at radius 1 is 0.857 bits per heavy atom. The van der Waals surface area contributed by atoms with Crippen molar-refractivity contribution in [3.63, 3.8) is 0 Å². The molecule has 0 fully saturated rings. The molecule has 0 atom stereocenters. The average molecular weight is 308 g/mol. The summed E-state index contributed by atoms with van der Waals surface area (Å²) in [5.41, 5.74) is 6.91. The third-order valence-electron chi connectivity index (χ3n) is 3.90. The fraction of sp³-hybridized carbons (Fsp3) is 0.684. The Hall–Kier alpha value is -0.470. The highest BCUT2D eigenvalue weighted by Gasteiger charge is 1.97. The maximum absolute atomic E-state index is 5.67. The Morgan fingerprint density at radius 2 is 1.48 bits per heavy atom. The first-order valence-corrected chi connectivity index (χ1v) is 9.77. The highest BCUT2D eigenvalue weighted by Crippen LogP contribution is 2.21. The van der Waals surface area contributed by atoms with E-state index in [2.05, 4.69) is 31.2 Å². The van der Waals surface area contributed by atoms with Crippen LogP contribution in [0, 0.1) is 0 Å². The standard InChI is InChI=1S/C19H33NS/c1-2-3-4-5-6-7-8-9-10-11-15-21-19-14-12-13-18(16-19)17-20/h12-14,16H,2-11,15,17,20H2,1H3. The highest BCUT2D eigenvalue weighted by molar-refractivity contribution is 7.99. The quantitative estimate of drug-likeness (QED) is 0.349. The zero-order chi connectivity index (χ0) is 15.2. The summed E-state index contributed by atoms with van der Waals surface area (Å²) in [7, 11) is 0.